The molecular weight excluding hydrogens is 236 g/mol. The summed E-state index contributed by atoms with van der Waals surface area (Å²) in [6.45, 7) is 8.05. The first kappa shape index (κ1) is 15.3. The number of nitrogens with one attached hydrogen (secondary N) is 1. The Bertz CT molecular complexity index is 265. The largest absolute Gasteiger partial charge is 0.377 e. The number of methoxy groups -OCH3 is 1. The number of ether oxygens (including phenoxy) is 1. The molecule has 0 aromatic heterocycles. The van der Waals surface area contributed by atoms with Crippen LogP contribution in [0, 0.1) is 0 Å². The van der Waals surface area contributed by atoms with Crippen LogP contribution >= 0.6 is 0 Å². The Labute approximate surface area is 119 Å². The minimum absolute atomic E-state index is 0.0668. The second kappa shape index (κ2) is 7.05. The van der Waals surface area contributed by atoms with Crippen molar-refractivity contribution in [2.45, 2.75) is 76.5 Å². The molecule has 0 aromatic carbocycles. The molecule has 19 heavy (non-hydrogen) atoms. The maximum atomic E-state index is 5.69. The summed E-state index contributed by atoms with van der Waals surface area (Å²) in [5, 5.41) is 3.78. The number of piperidine rings is 1. The summed E-state index contributed by atoms with van der Waals surface area (Å²) < 4.78 is 5.69. The van der Waals surface area contributed by atoms with Crippen molar-refractivity contribution in [3.63, 3.8) is 0 Å². The lowest BCUT2D eigenvalue weighted by atomic mass is 9.93. The van der Waals surface area contributed by atoms with Gasteiger partial charge in [0.05, 0.1) is 5.60 Å². The zero-order valence-electron chi connectivity index (χ0n) is 13.1. The van der Waals surface area contributed by atoms with Gasteiger partial charge in [-0.3, -0.25) is 4.90 Å². The quantitative estimate of drug-likeness (QED) is 0.830. The van der Waals surface area contributed by atoms with Gasteiger partial charge in [0.2, 0.25) is 0 Å². The maximum Gasteiger partial charge on any atom is 0.0777 e. The molecule has 1 saturated heterocycles. The third-order valence-corrected chi connectivity index (χ3v) is 5.11. The second-order valence-corrected chi connectivity index (χ2v) is 6.82. The van der Waals surface area contributed by atoms with Crippen LogP contribution < -0.4 is 5.32 Å². The molecule has 0 bridgehead atoms. The highest BCUT2D eigenvalue weighted by Gasteiger charge is 2.32. The molecule has 2 unspecified atom stereocenters. The van der Waals surface area contributed by atoms with Crippen LogP contribution in [-0.2, 0) is 4.74 Å². The second-order valence-electron chi connectivity index (χ2n) is 6.82. The highest BCUT2D eigenvalue weighted by molar-refractivity contribution is 4.87. The minimum atomic E-state index is 0.0668. The van der Waals surface area contributed by atoms with Crippen molar-refractivity contribution in [1.82, 2.24) is 10.2 Å². The lowest BCUT2D eigenvalue weighted by Crippen LogP contribution is -2.53. The topological polar surface area (TPSA) is 24.5 Å². The van der Waals surface area contributed by atoms with Crippen molar-refractivity contribution in [3.8, 4) is 0 Å². The van der Waals surface area contributed by atoms with Crippen LogP contribution in [0.2, 0.25) is 0 Å². The average Bonchev–Trinajstić information content (AvgIpc) is 2.46. The van der Waals surface area contributed by atoms with Crippen LogP contribution in [0.5, 0.6) is 0 Å². The third-order valence-electron chi connectivity index (χ3n) is 5.11. The molecule has 2 aliphatic rings. The third kappa shape index (κ3) is 4.44. The fourth-order valence-corrected chi connectivity index (χ4v) is 3.56. The van der Waals surface area contributed by atoms with E-state index < -0.39 is 0 Å². The Kier molecular flexibility index (Phi) is 5.67. The van der Waals surface area contributed by atoms with Gasteiger partial charge in [0, 0.05) is 32.3 Å². The Morgan fingerprint density at radius 2 is 2.00 bits per heavy atom. The van der Waals surface area contributed by atoms with Gasteiger partial charge < -0.3 is 10.1 Å². The molecular formula is C16H32N2O. The van der Waals surface area contributed by atoms with Gasteiger partial charge in [-0.05, 0) is 46.1 Å². The van der Waals surface area contributed by atoms with Crippen molar-refractivity contribution in [2.24, 2.45) is 0 Å². The van der Waals surface area contributed by atoms with Gasteiger partial charge in [-0.15, -0.1) is 0 Å². The van der Waals surface area contributed by atoms with Gasteiger partial charge in [-0.2, -0.15) is 0 Å². The molecule has 3 heteroatoms. The molecule has 0 amide bonds. The smallest absolute Gasteiger partial charge is 0.0777 e. The minimum Gasteiger partial charge on any atom is -0.377 e. The van der Waals surface area contributed by atoms with E-state index in [4.69, 9.17) is 4.74 Å². The SMILES string of the molecule is COC1(C)CCCN(C(C)CNC2CCCCC2)C1. The molecule has 1 saturated carbocycles. The molecule has 1 aliphatic heterocycles. The molecule has 0 spiro atoms. The highest BCUT2D eigenvalue weighted by atomic mass is 16.5. The molecule has 2 rings (SSSR count). The Hall–Kier alpha value is -0.120. The van der Waals surface area contributed by atoms with Crippen LogP contribution in [0.3, 0.4) is 0 Å². The standard InChI is InChI=1S/C16H32N2O/c1-14(12-17-15-8-5-4-6-9-15)18-11-7-10-16(2,13-18)19-3/h14-15,17H,4-13H2,1-3H3. The molecule has 1 heterocycles. The molecule has 1 N–H and O–H groups in total. The molecule has 3 nitrogen and oxygen atoms in total. The Balaban J connectivity index is 1.74. The molecule has 112 valence electrons. The fraction of sp³-hybridized carbons (Fsp3) is 1.00. The van der Waals surface area contributed by atoms with E-state index in [0.717, 1.165) is 19.1 Å². The lowest BCUT2D eigenvalue weighted by molar-refractivity contribution is -0.0595. The van der Waals surface area contributed by atoms with Crippen molar-refractivity contribution in [2.75, 3.05) is 26.7 Å². The van der Waals surface area contributed by atoms with Crippen LogP contribution in [0.25, 0.3) is 0 Å². The first-order chi connectivity index (χ1) is 9.13. The number of hydrogen-bond donors (Lipinski definition) is 1. The maximum absolute atomic E-state index is 5.69. The summed E-state index contributed by atoms with van der Waals surface area (Å²) in [4.78, 5) is 2.60. The summed E-state index contributed by atoms with van der Waals surface area (Å²) in [6, 6.07) is 1.39. The Morgan fingerprint density at radius 1 is 1.26 bits per heavy atom. The monoisotopic (exact) mass is 268 g/mol. The van der Waals surface area contributed by atoms with Crippen LogP contribution in [-0.4, -0.2) is 49.3 Å². The zero-order chi connectivity index (χ0) is 13.7. The molecule has 1 aliphatic carbocycles. The first-order valence-electron chi connectivity index (χ1n) is 8.15. The molecule has 0 aromatic rings. The van der Waals surface area contributed by atoms with E-state index in [1.54, 1.807) is 0 Å². The van der Waals surface area contributed by atoms with Crippen molar-refractivity contribution >= 4 is 0 Å². The summed E-state index contributed by atoms with van der Waals surface area (Å²) in [6.07, 6.45) is 9.48. The van der Waals surface area contributed by atoms with Gasteiger partial charge in [0.1, 0.15) is 0 Å². The molecule has 2 atom stereocenters. The first-order valence-corrected chi connectivity index (χ1v) is 8.15. The van der Waals surface area contributed by atoms with Gasteiger partial charge in [-0.1, -0.05) is 19.3 Å². The van der Waals surface area contributed by atoms with Gasteiger partial charge >= 0.3 is 0 Å². The number of rotatable bonds is 5. The summed E-state index contributed by atoms with van der Waals surface area (Å²) >= 11 is 0. The van der Waals surface area contributed by atoms with Gasteiger partial charge in [-0.25, -0.2) is 0 Å². The predicted octanol–water partition coefficient (Wildman–Crippen LogP) is 2.80. The van der Waals surface area contributed by atoms with E-state index in [0.29, 0.717) is 6.04 Å². The van der Waals surface area contributed by atoms with Crippen molar-refractivity contribution in [3.05, 3.63) is 0 Å². The average molecular weight is 268 g/mol. The van der Waals surface area contributed by atoms with Gasteiger partial charge in [0.25, 0.3) is 0 Å². The van der Waals surface area contributed by atoms with Crippen molar-refractivity contribution < 1.29 is 4.74 Å². The van der Waals surface area contributed by atoms with Crippen LogP contribution in [0.15, 0.2) is 0 Å². The number of nitrogens with zero attached hydrogens (tertiary/aromatic N) is 1. The normalized spacial score (nSPS) is 32.4. The van der Waals surface area contributed by atoms with E-state index in [2.05, 4.69) is 24.1 Å². The zero-order valence-corrected chi connectivity index (χ0v) is 13.1. The molecule has 0 radical (unpaired) electrons. The van der Waals surface area contributed by atoms with E-state index in [9.17, 15) is 0 Å². The summed E-state index contributed by atoms with van der Waals surface area (Å²) in [7, 11) is 1.86. The predicted molar refractivity (Wildman–Crippen MR) is 80.6 cm³/mol. The van der Waals surface area contributed by atoms with E-state index >= 15 is 0 Å². The lowest BCUT2D eigenvalue weighted by Gasteiger charge is -2.42. The van der Waals surface area contributed by atoms with E-state index in [1.807, 2.05) is 7.11 Å². The number of hydrogen-bond acceptors (Lipinski definition) is 3. The Morgan fingerprint density at radius 3 is 2.68 bits per heavy atom. The summed E-state index contributed by atoms with van der Waals surface area (Å²) in [5.74, 6) is 0. The van der Waals surface area contributed by atoms with E-state index in [1.165, 1.54) is 51.5 Å². The van der Waals surface area contributed by atoms with Gasteiger partial charge in [0.15, 0.2) is 0 Å². The molecule has 2 fully saturated rings. The van der Waals surface area contributed by atoms with Crippen molar-refractivity contribution in [1.29, 1.82) is 0 Å². The highest BCUT2D eigenvalue weighted by Crippen LogP contribution is 2.25. The van der Waals surface area contributed by atoms with Crippen LogP contribution in [0.4, 0.5) is 0 Å². The number of likely N-dealkylation sites (tertiary alicyclic amines) is 1. The fourth-order valence-electron chi connectivity index (χ4n) is 3.56. The van der Waals surface area contributed by atoms with Crippen LogP contribution in [0.1, 0.15) is 58.8 Å². The van der Waals surface area contributed by atoms with E-state index in [-0.39, 0.29) is 5.60 Å². The summed E-state index contributed by atoms with van der Waals surface area (Å²) in [5.41, 5.74) is 0.0668.